The maximum Gasteiger partial charge on any atom is 0.335 e. The maximum absolute atomic E-state index is 9.74. The number of carbonyl (C=O) groups excluding carboxylic acids is 2. The minimum atomic E-state index is -2.38. The third-order valence-electron chi connectivity index (χ3n) is 2.79. The van der Waals surface area contributed by atoms with Crippen LogP contribution in [-0.2, 0) is 19.2 Å². The van der Waals surface area contributed by atoms with Gasteiger partial charge in [-0.1, -0.05) is 26.7 Å². The molecule has 0 saturated carbocycles. The van der Waals surface area contributed by atoms with Gasteiger partial charge < -0.3 is 72.9 Å². The zero-order chi connectivity index (χ0) is 24.9. The van der Waals surface area contributed by atoms with Gasteiger partial charge in [0.1, 0.15) is 12.2 Å². The molecule has 0 aromatic heterocycles. The number of hydrogen-bond donors (Lipinski definition) is 8. The number of unbranched alkanes of at least 4 members (excludes halogenated alkanes) is 2. The molecule has 16 heteroatoms. The van der Waals surface area contributed by atoms with Crippen LogP contribution >= 0.6 is 0 Å². The molecule has 0 aromatic rings. The second-order valence-corrected chi connectivity index (χ2v) is 5.51. The fourth-order valence-corrected chi connectivity index (χ4v) is 1.03. The van der Waals surface area contributed by atoms with Gasteiger partial charge in [0.2, 0.25) is 0 Å². The molecule has 0 fully saturated rings. The Morgan fingerprint density at radius 2 is 0.875 bits per heavy atom. The van der Waals surface area contributed by atoms with E-state index in [2.05, 4.69) is 25.3 Å². The van der Waals surface area contributed by atoms with E-state index in [1.54, 1.807) is 0 Å². The van der Waals surface area contributed by atoms with Gasteiger partial charge in [-0.05, 0) is 12.8 Å². The zero-order valence-electron chi connectivity index (χ0n) is 18.1. The Labute approximate surface area is 184 Å². The number of aliphatic carboxylic acids is 4. The van der Waals surface area contributed by atoms with Crippen molar-refractivity contribution in [3.63, 3.8) is 0 Å². The zero-order valence-corrected chi connectivity index (χ0v) is 18.1. The van der Waals surface area contributed by atoms with Crippen molar-refractivity contribution in [3.05, 3.63) is 0 Å². The summed E-state index contributed by atoms with van der Waals surface area (Å²) in [5.41, 5.74) is 7.35. The molecular weight excluding hydrogens is 444 g/mol. The Kier molecular flexibility index (Phi) is 38.8. The van der Waals surface area contributed by atoms with E-state index in [4.69, 9.17) is 30.6 Å². The number of rotatable bonds is 10. The van der Waals surface area contributed by atoms with Gasteiger partial charge >= 0.3 is 11.9 Å². The summed E-state index contributed by atoms with van der Waals surface area (Å²) in [6.45, 7) is 6.53. The Hall–Kier alpha value is -2.44. The summed E-state index contributed by atoms with van der Waals surface area (Å²) in [6.07, 6.45) is -4.29. The summed E-state index contributed by atoms with van der Waals surface area (Å²) < 4.78 is 0. The number of aliphatic hydroxyl groups excluding tert-OH is 4. The summed E-state index contributed by atoms with van der Waals surface area (Å²) in [5.74, 6) is -7.65. The summed E-state index contributed by atoms with van der Waals surface area (Å²) in [5, 5.41) is 68.3. The van der Waals surface area contributed by atoms with E-state index in [1.165, 1.54) is 25.7 Å². The third kappa shape index (κ3) is 29.8. The second-order valence-electron chi connectivity index (χ2n) is 5.51. The van der Waals surface area contributed by atoms with Gasteiger partial charge in [-0.15, -0.1) is 0 Å². The van der Waals surface area contributed by atoms with Crippen LogP contribution in [0.1, 0.15) is 39.5 Å². The van der Waals surface area contributed by atoms with Crippen molar-refractivity contribution >= 4 is 23.9 Å². The quantitative estimate of drug-likeness (QED) is 0.144. The number of carboxylic acids is 4. The monoisotopic (exact) mass is 482 g/mol. The van der Waals surface area contributed by atoms with E-state index in [0.29, 0.717) is 0 Å². The Balaban J connectivity index is -0.0000000724. The SMILES string of the molecule is CCCC[NH3+].CCCC[NH3+].O.O.O=C([O-])[C@@H](O)[C@H](O)C(=O)O.O=C([O-])[C@H](O)[C@@H](O)C(=O)O. The van der Waals surface area contributed by atoms with Crippen LogP contribution < -0.4 is 21.7 Å². The first kappa shape index (κ1) is 43.4. The molecule has 32 heavy (non-hydrogen) atoms. The summed E-state index contributed by atoms with van der Waals surface area (Å²) in [4.78, 5) is 38.8. The van der Waals surface area contributed by atoms with Gasteiger partial charge in [-0.3, -0.25) is 0 Å². The lowest BCUT2D eigenvalue weighted by atomic mass is 10.2. The molecule has 0 unspecified atom stereocenters. The lowest BCUT2D eigenvalue weighted by Crippen LogP contribution is -2.49. The molecule has 196 valence electrons. The van der Waals surface area contributed by atoms with E-state index in [9.17, 15) is 29.4 Å². The van der Waals surface area contributed by atoms with Crippen LogP contribution in [0.4, 0.5) is 0 Å². The van der Waals surface area contributed by atoms with Crippen molar-refractivity contribution in [1.29, 1.82) is 0 Å². The topological polar surface area (TPSA) is 354 Å². The molecule has 0 bridgehead atoms. The molecule has 16 nitrogen and oxygen atoms in total. The predicted octanol–water partition coefficient (Wildman–Crippen LogP) is -8.51. The van der Waals surface area contributed by atoms with Gasteiger partial charge in [-0.25, -0.2) is 9.59 Å². The van der Waals surface area contributed by atoms with E-state index in [0.717, 1.165) is 13.1 Å². The highest BCUT2D eigenvalue weighted by molar-refractivity contribution is 5.82. The fraction of sp³-hybridized carbons (Fsp3) is 0.750. The smallest absolute Gasteiger partial charge is 0.335 e. The van der Waals surface area contributed by atoms with Crippen LogP contribution in [-0.4, -0.2) is 103 Å². The average molecular weight is 482 g/mol. The van der Waals surface area contributed by atoms with Crippen molar-refractivity contribution in [1.82, 2.24) is 0 Å². The van der Waals surface area contributed by atoms with Gasteiger partial charge in [0.25, 0.3) is 0 Å². The largest absolute Gasteiger partial charge is 0.547 e. The number of carbonyl (C=O) groups is 4. The van der Waals surface area contributed by atoms with Crippen molar-refractivity contribution in [2.24, 2.45) is 0 Å². The molecule has 4 atom stereocenters. The first-order valence-corrected chi connectivity index (χ1v) is 8.94. The van der Waals surface area contributed by atoms with Crippen LogP contribution in [0, 0.1) is 0 Å². The Morgan fingerprint density at radius 1 is 0.656 bits per heavy atom. The summed E-state index contributed by atoms with van der Waals surface area (Å²) in [7, 11) is 0. The van der Waals surface area contributed by atoms with Crippen LogP contribution in [0.25, 0.3) is 0 Å². The standard InChI is InChI=1S/2C4H11N.2C4H6O6.2H2O/c2*1-2-3-4-5;2*5-1(3(7)8)2(6)4(9)10;;/h2*2-5H2,1H3;2*1-2,5-6H,(H,7,8)(H,9,10);2*1H2/t;;2*1-,2-;;/m..10../s1. The Morgan fingerprint density at radius 3 is 0.906 bits per heavy atom. The molecular formula is C16H38N2O14. The van der Waals surface area contributed by atoms with Crippen molar-refractivity contribution in [2.45, 2.75) is 63.9 Å². The number of hydrogen-bond acceptors (Lipinski definition) is 10. The average Bonchev–Trinajstić information content (AvgIpc) is 2.67. The first-order chi connectivity index (χ1) is 13.8. The third-order valence-corrected chi connectivity index (χ3v) is 2.79. The fourth-order valence-electron chi connectivity index (χ4n) is 1.03. The van der Waals surface area contributed by atoms with E-state index >= 15 is 0 Å². The lowest BCUT2D eigenvalue weighted by molar-refractivity contribution is -0.368. The molecule has 0 radical (unpaired) electrons. The second kappa shape index (κ2) is 28.6. The molecule has 0 aromatic carbocycles. The van der Waals surface area contributed by atoms with Gasteiger partial charge in [0.05, 0.1) is 25.0 Å². The van der Waals surface area contributed by atoms with Crippen LogP contribution in [0.5, 0.6) is 0 Å². The maximum atomic E-state index is 9.74. The molecule has 0 aliphatic heterocycles. The van der Waals surface area contributed by atoms with Gasteiger partial charge in [-0.2, -0.15) is 0 Å². The highest BCUT2D eigenvalue weighted by Crippen LogP contribution is 1.91. The van der Waals surface area contributed by atoms with Crippen molar-refractivity contribution < 1.29 is 82.5 Å². The van der Waals surface area contributed by atoms with E-state index in [1.807, 2.05) is 0 Å². The number of aliphatic hydroxyl groups is 4. The molecule has 0 aliphatic carbocycles. The molecule has 0 rings (SSSR count). The van der Waals surface area contributed by atoms with Gasteiger partial charge in [0, 0.05) is 0 Å². The van der Waals surface area contributed by atoms with Crippen molar-refractivity contribution in [3.8, 4) is 0 Å². The van der Waals surface area contributed by atoms with E-state index in [-0.39, 0.29) is 11.0 Å². The number of quaternary nitrogens is 2. The highest BCUT2D eigenvalue weighted by atomic mass is 16.4. The normalized spacial score (nSPS) is 12.5. The molecule has 0 aliphatic rings. The minimum absolute atomic E-state index is 0. The van der Waals surface area contributed by atoms with Gasteiger partial charge in [0.15, 0.2) is 12.2 Å². The summed E-state index contributed by atoms with van der Waals surface area (Å²) in [6, 6.07) is 0. The molecule has 0 spiro atoms. The lowest BCUT2D eigenvalue weighted by Gasteiger charge is -2.13. The van der Waals surface area contributed by atoms with Crippen LogP contribution in [0.3, 0.4) is 0 Å². The molecule has 16 N–H and O–H groups in total. The van der Waals surface area contributed by atoms with Crippen LogP contribution in [0.15, 0.2) is 0 Å². The summed E-state index contributed by atoms with van der Waals surface area (Å²) >= 11 is 0. The Bertz CT molecular complexity index is 396. The molecule has 0 amide bonds. The van der Waals surface area contributed by atoms with E-state index < -0.39 is 48.3 Å². The molecule has 0 heterocycles. The molecule has 0 saturated heterocycles. The van der Waals surface area contributed by atoms with Crippen LogP contribution in [0.2, 0.25) is 0 Å². The predicted molar refractivity (Wildman–Crippen MR) is 102 cm³/mol. The first-order valence-electron chi connectivity index (χ1n) is 8.94. The highest BCUT2D eigenvalue weighted by Gasteiger charge is 2.24. The number of carboxylic acid groups (broad SMARTS) is 4. The van der Waals surface area contributed by atoms with Crippen molar-refractivity contribution in [2.75, 3.05) is 13.1 Å². The minimum Gasteiger partial charge on any atom is -0.547 e.